The number of carbonyl (C=O) groups is 2. The number of hydrogen-bond donors (Lipinski definition) is 1. The maximum absolute atomic E-state index is 12.9. The maximum atomic E-state index is 12.9. The zero-order valence-electron chi connectivity index (χ0n) is 24.1. The Balaban J connectivity index is 1.36. The highest BCUT2D eigenvalue weighted by molar-refractivity contribution is 7.89. The second-order valence-electron chi connectivity index (χ2n) is 10.3. The third-order valence-electron chi connectivity index (χ3n) is 7.16. The first-order valence-corrected chi connectivity index (χ1v) is 15.3. The molecule has 1 aliphatic rings. The number of sulfonamides is 1. The molecule has 1 heterocycles. The number of anilines is 2. The highest BCUT2D eigenvalue weighted by atomic mass is 32.2. The predicted octanol–water partition coefficient (Wildman–Crippen LogP) is 4.32. The molecule has 218 valence electrons. The molecular formula is C31H38N4O5S. The van der Waals surface area contributed by atoms with Gasteiger partial charge >= 0.3 is 5.97 Å². The van der Waals surface area contributed by atoms with E-state index in [-0.39, 0.29) is 11.7 Å². The monoisotopic (exact) mass is 578 g/mol. The van der Waals surface area contributed by atoms with Crippen molar-refractivity contribution in [3.8, 4) is 11.1 Å². The minimum absolute atomic E-state index is 0.201. The number of nitrogens with one attached hydrogen (secondary N) is 1. The standard InChI is InChI=1S/C31H38N4O5S/c1-5-20-41(38,39)35-18-16-34(17-19-35)22-23-6-13-27(14-7-23)32-30(36)25-10-8-24(9-11-25)28-21-26(31(37)40-4)12-15-29(28)33(2)3/h6-15,21H,5,16-20,22H2,1-4H3,(H,32,36). The first kappa shape index (κ1) is 30.2. The highest BCUT2D eigenvalue weighted by Gasteiger charge is 2.26. The summed E-state index contributed by atoms with van der Waals surface area (Å²) in [6.45, 7) is 5.03. The largest absolute Gasteiger partial charge is 0.465 e. The van der Waals surface area contributed by atoms with Gasteiger partial charge in [0.15, 0.2) is 0 Å². The van der Waals surface area contributed by atoms with Crippen LogP contribution in [0.4, 0.5) is 11.4 Å². The summed E-state index contributed by atoms with van der Waals surface area (Å²) >= 11 is 0. The molecule has 0 spiro atoms. The summed E-state index contributed by atoms with van der Waals surface area (Å²) in [5, 5.41) is 2.95. The van der Waals surface area contributed by atoms with E-state index in [1.54, 1.807) is 28.6 Å². The van der Waals surface area contributed by atoms with Gasteiger partial charge in [0.2, 0.25) is 10.0 Å². The lowest BCUT2D eigenvalue weighted by Gasteiger charge is -2.34. The molecule has 0 radical (unpaired) electrons. The Morgan fingerprint density at radius 3 is 2.12 bits per heavy atom. The van der Waals surface area contributed by atoms with Crippen molar-refractivity contribution in [1.82, 2.24) is 9.21 Å². The van der Waals surface area contributed by atoms with Crippen LogP contribution in [0.15, 0.2) is 66.7 Å². The van der Waals surface area contributed by atoms with Gasteiger partial charge in [0.1, 0.15) is 0 Å². The number of nitrogens with zero attached hydrogens (tertiary/aromatic N) is 3. The first-order valence-electron chi connectivity index (χ1n) is 13.7. The van der Waals surface area contributed by atoms with Crippen LogP contribution in [0.3, 0.4) is 0 Å². The number of carbonyl (C=O) groups excluding carboxylic acids is 2. The molecular weight excluding hydrogens is 540 g/mol. The molecule has 0 unspecified atom stereocenters. The molecule has 3 aromatic carbocycles. The van der Waals surface area contributed by atoms with Crippen molar-refractivity contribution >= 4 is 33.3 Å². The lowest BCUT2D eigenvalue weighted by Crippen LogP contribution is -2.48. The SMILES string of the molecule is CCCS(=O)(=O)N1CCN(Cc2ccc(NC(=O)c3ccc(-c4cc(C(=O)OC)ccc4N(C)C)cc3)cc2)CC1. The van der Waals surface area contributed by atoms with Crippen LogP contribution in [-0.4, -0.2) is 82.6 Å². The third-order valence-corrected chi connectivity index (χ3v) is 9.24. The fourth-order valence-corrected chi connectivity index (χ4v) is 6.40. The second kappa shape index (κ2) is 13.3. The van der Waals surface area contributed by atoms with Gasteiger partial charge in [-0.15, -0.1) is 0 Å². The Morgan fingerprint density at radius 1 is 0.902 bits per heavy atom. The van der Waals surface area contributed by atoms with E-state index in [1.165, 1.54) is 7.11 Å². The van der Waals surface area contributed by atoms with Gasteiger partial charge in [0.05, 0.1) is 18.4 Å². The zero-order chi connectivity index (χ0) is 29.6. The van der Waals surface area contributed by atoms with Crippen LogP contribution in [-0.2, 0) is 21.3 Å². The van der Waals surface area contributed by atoms with Crippen LogP contribution in [0.1, 0.15) is 39.6 Å². The predicted molar refractivity (Wildman–Crippen MR) is 163 cm³/mol. The van der Waals surface area contributed by atoms with Gasteiger partial charge in [0.25, 0.3) is 5.91 Å². The minimum Gasteiger partial charge on any atom is -0.465 e. The summed E-state index contributed by atoms with van der Waals surface area (Å²) in [6, 6.07) is 20.4. The summed E-state index contributed by atoms with van der Waals surface area (Å²) in [7, 11) is 2.08. The van der Waals surface area contributed by atoms with Crippen LogP contribution in [0.2, 0.25) is 0 Å². The molecule has 0 bridgehead atoms. The molecule has 0 aromatic heterocycles. The van der Waals surface area contributed by atoms with Gasteiger partial charge in [-0.3, -0.25) is 9.69 Å². The van der Waals surface area contributed by atoms with Crippen molar-refractivity contribution in [3.63, 3.8) is 0 Å². The normalized spacial score (nSPS) is 14.4. The van der Waals surface area contributed by atoms with Crippen LogP contribution < -0.4 is 10.2 Å². The molecule has 1 fully saturated rings. The van der Waals surface area contributed by atoms with Crippen molar-refractivity contribution in [2.45, 2.75) is 19.9 Å². The van der Waals surface area contributed by atoms with Crippen molar-refractivity contribution in [2.24, 2.45) is 0 Å². The van der Waals surface area contributed by atoms with Crippen molar-refractivity contribution in [1.29, 1.82) is 0 Å². The molecule has 1 aliphatic heterocycles. The molecule has 1 N–H and O–H groups in total. The fraction of sp³-hybridized carbons (Fsp3) is 0.355. The van der Waals surface area contributed by atoms with Crippen molar-refractivity contribution in [2.75, 3.05) is 63.4 Å². The van der Waals surface area contributed by atoms with Gasteiger partial charge in [-0.2, -0.15) is 4.31 Å². The number of amides is 1. The molecule has 9 nitrogen and oxygen atoms in total. The first-order chi connectivity index (χ1) is 19.6. The maximum Gasteiger partial charge on any atom is 0.337 e. The number of piperazine rings is 1. The van der Waals surface area contributed by atoms with Gasteiger partial charge in [0, 0.05) is 69.3 Å². The number of methoxy groups -OCH3 is 1. The third kappa shape index (κ3) is 7.52. The molecule has 0 atom stereocenters. The lowest BCUT2D eigenvalue weighted by atomic mass is 9.99. The lowest BCUT2D eigenvalue weighted by molar-refractivity contribution is 0.0600. The van der Waals surface area contributed by atoms with Gasteiger partial charge in [-0.25, -0.2) is 13.2 Å². The van der Waals surface area contributed by atoms with Gasteiger partial charge < -0.3 is 15.0 Å². The number of hydrogen-bond acceptors (Lipinski definition) is 7. The molecule has 0 aliphatic carbocycles. The van der Waals surface area contributed by atoms with E-state index in [2.05, 4.69) is 10.2 Å². The van der Waals surface area contributed by atoms with E-state index in [4.69, 9.17) is 4.74 Å². The average molecular weight is 579 g/mol. The Labute approximate surface area is 242 Å². The van der Waals surface area contributed by atoms with E-state index >= 15 is 0 Å². The van der Waals surface area contributed by atoms with E-state index in [9.17, 15) is 18.0 Å². The Morgan fingerprint density at radius 2 is 1.54 bits per heavy atom. The van der Waals surface area contributed by atoms with Gasteiger partial charge in [-0.05, 0) is 60.0 Å². The van der Waals surface area contributed by atoms with E-state index in [1.807, 2.05) is 68.4 Å². The summed E-state index contributed by atoms with van der Waals surface area (Å²) in [6.07, 6.45) is 0.626. The summed E-state index contributed by atoms with van der Waals surface area (Å²) in [5.41, 5.74) is 5.46. The molecule has 3 aromatic rings. The van der Waals surface area contributed by atoms with Crippen molar-refractivity contribution in [3.05, 3.63) is 83.4 Å². The number of rotatable bonds is 10. The second-order valence-corrected chi connectivity index (χ2v) is 12.4. The molecule has 4 rings (SSSR count). The Kier molecular flexibility index (Phi) is 9.80. The van der Waals surface area contributed by atoms with Crippen LogP contribution in [0.25, 0.3) is 11.1 Å². The molecule has 0 saturated carbocycles. The quantitative estimate of drug-likeness (QED) is 0.358. The minimum atomic E-state index is -3.15. The molecule has 10 heteroatoms. The van der Waals surface area contributed by atoms with Crippen molar-refractivity contribution < 1.29 is 22.7 Å². The summed E-state index contributed by atoms with van der Waals surface area (Å²) in [4.78, 5) is 29.2. The fourth-order valence-electron chi connectivity index (χ4n) is 4.91. The Hall–Kier alpha value is -3.73. The van der Waals surface area contributed by atoms with E-state index < -0.39 is 16.0 Å². The smallest absolute Gasteiger partial charge is 0.337 e. The zero-order valence-corrected chi connectivity index (χ0v) is 24.9. The van der Waals surface area contributed by atoms with Crippen LogP contribution in [0, 0.1) is 0 Å². The topological polar surface area (TPSA) is 99.3 Å². The summed E-state index contributed by atoms with van der Waals surface area (Å²) < 4.78 is 31.1. The number of ether oxygens (including phenoxy) is 1. The average Bonchev–Trinajstić information content (AvgIpc) is 2.97. The number of esters is 1. The molecule has 1 amide bonds. The Bertz CT molecular complexity index is 1460. The summed E-state index contributed by atoms with van der Waals surface area (Å²) in [5.74, 6) is -0.420. The molecule has 41 heavy (non-hydrogen) atoms. The highest BCUT2D eigenvalue weighted by Crippen LogP contribution is 2.31. The van der Waals surface area contributed by atoms with Crippen LogP contribution in [0.5, 0.6) is 0 Å². The van der Waals surface area contributed by atoms with E-state index in [0.29, 0.717) is 49.4 Å². The number of benzene rings is 3. The van der Waals surface area contributed by atoms with Crippen LogP contribution >= 0.6 is 0 Å². The molecule has 1 saturated heterocycles. The van der Waals surface area contributed by atoms with E-state index in [0.717, 1.165) is 28.9 Å². The van der Waals surface area contributed by atoms with Gasteiger partial charge in [-0.1, -0.05) is 31.2 Å².